The minimum atomic E-state index is -1.15. The minimum absolute atomic E-state index is 0.151. The van der Waals surface area contributed by atoms with E-state index in [4.69, 9.17) is 9.47 Å². The third-order valence-electron chi connectivity index (χ3n) is 5.23. The SMILES string of the molecule is CC(C)(c1ccc(O)cc1)c1ccc(O)cc1.O=C(OC(=O)Oc1ccccc1)Oc1ccccc1. The van der Waals surface area contributed by atoms with Gasteiger partial charge in [-0.2, -0.15) is 0 Å². The van der Waals surface area contributed by atoms with Crippen LogP contribution in [0.15, 0.2) is 109 Å². The molecule has 0 heterocycles. The molecule has 2 N–H and O–H groups in total. The van der Waals surface area contributed by atoms with Gasteiger partial charge in [-0.15, -0.1) is 0 Å². The summed E-state index contributed by atoms with van der Waals surface area (Å²) in [5.41, 5.74) is 2.10. The van der Waals surface area contributed by atoms with Crippen molar-refractivity contribution in [3.63, 3.8) is 0 Å². The van der Waals surface area contributed by atoms with Crippen LogP contribution in [0.5, 0.6) is 23.0 Å². The molecule has 0 aromatic heterocycles. The molecule has 0 amide bonds. The van der Waals surface area contributed by atoms with Crippen LogP contribution in [0.2, 0.25) is 0 Å². The second-order valence-corrected chi connectivity index (χ2v) is 8.15. The largest absolute Gasteiger partial charge is 0.524 e. The third-order valence-corrected chi connectivity index (χ3v) is 5.23. The predicted molar refractivity (Wildman–Crippen MR) is 134 cm³/mol. The number of carbonyl (C=O) groups is 2. The molecule has 0 spiro atoms. The number of rotatable bonds is 4. The number of benzene rings is 4. The van der Waals surface area contributed by atoms with Gasteiger partial charge in [0.15, 0.2) is 0 Å². The number of aromatic hydroxyl groups is 2. The second kappa shape index (κ2) is 12.1. The molecular weight excluding hydrogens is 460 g/mol. The molecule has 0 unspecified atom stereocenters. The molecule has 0 saturated carbocycles. The summed E-state index contributed by atoms with van der Waals surface area (Å²) in [6.07, 6.45) is -2.29. The van der Waals surface area contributed by atoms with Crippen LogP contribution in [-0.2, 0) is 10.2 Å². The highest BCUT2D eigenvalue weighted by Gasteiger charge is 2.22. The smallest absolute Gasteiger partial charge is 0.508 e. The molecule has 36 heavy (non-hydrogen) atoms. The lowest BCUT2D eigenvalue weighted by atomic mass is 9.78. The summed E-state index contributed by atoms with van der Waals surface area (Å²) in [6, 6.07) is 31.0. The Morgan fingerprint density at radius 2 is 0.889 bits per heavy atom. The van der Waals surface area contributed by atoms with E-state index in [1.807, 2.05) is 24.3 Å². The fourth-order valence-electron chi connectivity index (χ4n) is 3.20. The van der Waals surface area contributed by atoms with Crippen LogP contribution in [0.1, 0.15) is 25.0 Å². The molecular formula is C29H26O7. The number of ether oxygens (including phenoxy) is 3. The lowest BCUT2D eigenvalue weighted by molar-refractivity contribution is 0.0896. The fraction of sp³-hybridized carbons (Fsp3) is 0.103. The highest BCUT2D eigenvalue weighted by molar-refractivity contribution is 5.79. The van der Waals surface area contributed by atoms with Crippen molar-refractivity contribution in [3.8, 4) is 23.0 Å². The highest BCUT2D eigenvalue weighted by atomic mass is 16.8. The number of phenols is 2. The van der Waals surface area contributed by atoms with Gasteiger partial charge in [0.25, 0.3) is 0 Å². The van der Waals surface area contributed by atoms with Crippen molar-refractivity contribution in [3.05, 3.63) is 120 Å². The van der Waals surface area contributed by atoms with E-state index < -0.39 is 12.3 Å². The summed E-state index contributed by atoms with van der Waals surface area (Å²) in [5.74, 6) is 1.10. The Labute approximate surface area is 209 Å². The maximum Gasteiger partial charge on any atom is 0.524 e. The summed E-state index contributed by atoms with van der Waals surface area (Å²) >= 11 is 0. The van der Waals surface area contributed by atoms with E-state index >= 15 is 0 Å². The van der Waals surface area contributed by atoms with Crippen molar-refractivity contribution in [1.29, 1.82) is 0 Å². The van der Waals surface area contributed by atoms with E-state index in [2.05, 4.69) is 18.6 Å². The summed E-state index contributed by atoms with van der Waals surface area (Å²) in [4.78, 5) is 22.5. The van der Waals surface area contributed by atoms with E-state index in [1.54, 1.807) is 84.9 Å². The Bertz CT molecular complexity index is 1150. The van der Waals surface area contributed by atoms with Crippen LogP contribution in [0.3, 0.4) is 0 Å². The molecule has 0 fully saturated rings. The van der Waals surface area contributed by atoms with Crippen molar-refractivity contribution in [2.45, 2.75) is 19.3 Å². The van der Waals surface area contributed by atoms with Crippen LogP contribution in [0, 0.1) is 0 Å². The zero-order valence-corrected chi connectivity index (χ0v) is 19.8. The molecule has 0 aliphatic heterocycles. The molecule has 0 aliphatic carbocycles. The third kappa shape index (κ3) is 7.63. The van der Waals surface area contributed by atoms with Gasteiger partial charge in [-0.1, -0.05) is 74.5 Å². The highest BCUT2D eigenvalue weighted by Crippen LogP contribution is 2.32. The van der Waals surface area contributed by atoms with Crippen LogP contribution in [0.4, 0.5) is 9.59 Å². The Kier molecular flexibility index (Phi) is 8.67. The molecule has 0 aliphatic rings. The fourth-order valence-corrected chi connectivity index (χ4v) is 3.20. The van der Waals surface area contributed by atoms with E-state index in [9.17, 15) is 19.8 Å². The predicted octanol–water partition coefficient (Wildman–Crippen LogP) is 6.82. The quantitative estimate of drug-likeness (QED) is 0.185. The minimum Gasteiger partial charge on any atom is -0.508 e. The molecule has 0 saturated heterocycles. The molecule has 4 aromatic rings. The van der Waals surface area contributed by atoms with Gasteiger partial charge in [0.1, 0.15) is 23.0 Å². The van der Waals surface area contributed by atoms with Crippen molar-refractivity contribution < 1.29 is 34.0 Å². The molecule has 0 bridgehead atoms. The number of para-hydroxylation sites is 2. The van der Waals surface area contributed by atoms with Gasteiger partial charge in [-0.25, -0.2) is 9.59 Å². The first-order chi connectivity index (χ1) is 17.2. The molecule has 184 valence electrons. The molecule has 0 radical (unpaired) electrons. The maximum atomic E-state index is 11.3. The number of hydrogen-bond acceptors (Lipinski definition) is 7. The summed E-state index contributed by atoms with van der Waals surface area (Å²) in [5, 5.41) is 18.6. The second-order valence-electron chi connectivity index (χ2n) is 8.15. The Morgan fingerprint density at radius 3 is 1.22 bits per heavy atom. The van der Waals surface area contributed by atoms with Gasteiger partial charge in [-0.3, -0.25) is 0 Å². The zero-order chi connectivity index (χ0) is 26.0. The number of carbonyl (C=O) groups excluding carboxylic acids is 2. The van der Waals surface area contributed by atoms with Gasteiger partial charge in [0.05, 0.1) is 0 Å². The molecule has 7 nitrogen and oxygen atoms in total. The Hall–Kier alpha value is -4.78. The van der Waals surface area contributed by atoms with Crippen molar-refractivity contribution >= 4 is 12.3 Å². The molecule has 4 rings (SSSR count). The van der Waals surface area contributed by atoms with E-state index in [-0.39, 0.29) is 28.4 Å². The summed E-state index contributed by atoms with van der Waals surface area (Å²) < 4.78 is 13.9. The van der Waals surface area contributed by atoms with Crippen LogP contribution >= 0.6 is 0 Å². The first kappa shape index (κ1) is 25.8. The van der Waals surface area contributed by atoms with Crippen LogP contribution < -0.4 is 9.47 Å². The number of hydrogen-bond donors (Lipinski definition) is 2. The van der Waals surface area contributed by atoms with Gasteiger partial charge in [0.2, 0.25) is 0 Å². The lowest BCUT2D eigenvalue weighted by Gasteiger charge is -2.26. The van der Waals surface area contributed by atoms with Gasteiger partial charge >= 0.3 is 12.3 Å². The average Bonchev–Trinajstić information content (AvgIpc) is 2.86. The molecule has 0 atom stereocenters. The number of phenolic OH excluding ortho intramolecular Hbond substituents is 2. The monoisotopic (exact) mass is 486 g/mol. The Balaban J connectivity index is 0.000000202. The van der Waals surface area contributed by atoms with Gasteiger partial charge in [-0.05, 0) is 59.7 Å². The summed E-state index contributed by atoms with van der Waals surface area (Å²) in [6.45, 7) is 4.23. The zero-order valence-electron chi connectivity index (χ0n) is 19.8. The normalized spacial score (nSPS) is 10.4. The van der Waals surface area contributed by atoms with Crippen molar-refractivity contribution in [1.82, 2.24) is 0 Å². The van der Waals surface area contributed by atoms with E-state index in [0.29, 0.717) is 0 Å². The van der Waals surface area contributed by atoms with Crippen LogP contribution in [0.25, 0.3) is 0 Å². The van der Waals surface area contributed by atoms with Crippen molar-refractivity contribution in [2.75, 3.05) is 0 Å². The van der Waals surface area contributed by atoms with E-state index in [1.165, 1.54) is 0 Å². The Morgan fingerprint density at radius 1 is 0.556 bits per heavy atom. The molecule has 7 heteroatoms. The lowest BCUT2D eigenvalue weighted by Crippen LogP contribution is -2.19. The molecule has 4 aromatic carbocycles. The van der Waals surface area contributed by atoms with Gasteiger partial charge < -0.3 is 24.4 Å². The van der Waals surface area contributed by atoms with Crippen molar-refractivity contribution in [2.24, 2.45) is 0 Å². The van der Waals surface area contributed by atoms with Gasteiger partial charge in [0, 0.05) is 5.41 Å². The van der Waals surface area contributed by atoms with E-state index in [0.717, 1.165) is 11.1 Å². The topological polar surface area (TPSA) is 102 Å². The first-order valence-electron chi connectivity index (χ1n) is 11.0. The summed E-state index contributed by atoms with van der Waals surface area (Å²) in [7, 11) is 0. The standard InChI is InChI=1S/C15H16O2.C14H10O5/c1-15(2,11-3-7-13(16)8-4-11)12-5-9-14(17)10-6-12;15-13(17-11-7-3-1-4-8-11)19-14(16)18-12-9-5-2-6-10-12/h3-10,16-17H,1-2H3;1-10H. The van der Waals surface area contributed by atoms with Crippen LogP contribution in [-0.4, -0.2) is 22.5 Å². The first-order valence-corrected chi connectivity index (χ1v) is 11.0. The average molecular weight is 487 g/mol. The maximum absolute atomic E-state index is 11.3.